The molecule has 1 heterocycles. The van der Waals surface area contributed by atoms with Crippen LogP contribution in [0.5, 0.6) is 0 Å². The van der Waals surface area contributed by atoms with E-state index in [0.29, 0.717) is 0 Å². The highest BCUT2D eigenvalue weighted by molar-refractivity contribution is 6.34. The number of nitrogens with one attached hydrogen (secondary N) is 1. The van der Waals surface area contributed by atoms with Crippen molar-refractivity contribution < 1.29 is 0 Å². The second-order valence-electron chi connectivity index (χ2n) is 3.74. The molecule has 0 amide bonds. The summed E-state index contributed by atoms with van der Waals surface area (Å²) in [5.74, 6) is 0. The second-order valence-corrected chi connectivity index (χ2v) is 4.56. The van der Waals surface area contributed by atoms with Gasteiger partial charge in [-0.3, -0.25) is 0 Å². The van der Waals surface area contributed by atoms with Crippen molar-refractivity contribution in [2.45, 2.75) is 13.1 Å². The Morgan fingerprint density at radius 1 is 0.706 bits per heavy atom. The van der Waals surface area contributed by atoms with Crippen LogP contribution in [0.3, 0.4) is 0 Å². The first-order valence-corrected chi connectivity index (χ1v) is 6.21. The van der Waals surface area contributed by atoms with E-state index < -0.39 is 0 Å². The van der Waals surface area contributed by atoms with Crippen molar-refractivity contribution >= 4 is 23.2 Å². The summed E-state index contributed by atoms with van der Waals surface area (Å²) >= 11 is 11.9. The van der Waals surface area contributed by atoms with Crippen molar-refractivity contribution in [2.24, 2.45) is 0 Å². The summed E-state index contributed by atoms with van der Waals surface area (Å²) in [6.07, 6.45) is 0. The minimum atomic E-state index is 0.814. The molecular weight excluding hydrogens is 253 g/mol. The monoisotopic (exact) mass is 265 g/mol. The molecule has 0 aromatic heterocycles. The molecule has 3 rings (SSSR count). The SMILES string of the molecule is Clc1ccc(Cl)c2c1CNC2.c1ccccc1. The molecule has 3 heteroatoms. The van der Waals surface area contributed by atoms with Gasteiger partial charge in [-0.2, -0.15) is 0 Å². The average molecular weight is 266 g/mol. The third-order valence-corrected chi connectivity index (χ3v) is 3.30. The normalized spacial score (nSPS) is 12.6. The molecule has 0 radical (unpaired) electrons. The Balaban J connectivity index is 0.000000153. The molecule has 17 heavy (non-hydrogen) atoms. The van der Waals surface area contributed by atoms with Gasteiger partial charge in [0.2, 0.25) is 0 Å². The molecule has 0 saturated heterocycles. The summed E-state index contributed by atoms with van der Waals surface area (Å²) in [6, 6.07) is 15.7. The molecule has 0 atom stereocenters. The second kappa shape index (κ2) is 6.06. The van der Waals surface area contributed by atoms with Crippen molar-refractivity contribution in [3.05, 3.63) is 69.7 Å². The lowest BCUT2D eigenvalue weighted by molar-refractivity contribution is 0.765. The zero-order chi connectivity index (χ0) is 12.1. The van der Waals surface area contributed by atoms with Gasteiger partial charge in [0.05, 0.1) is 0 Å². The number of rotatable bonds is 0. The fourth-order valence-electron chi connectivity index (χ4n) is 1.72. The van der Waals surface area contributed by atoms with Crippen LogP contribution in [0.25, 0.3) is 0 Å². The van der Waals surface area contributed by atoms with E-state index in [9.17, 15) is 0 Å². The summed E-state index contributed by atoms with van der Waals surface area (Å²) in [5.41, 5.74) is 2.30. The molecule has 1 aliphatic heterocycles. The molecule has 2 aromatic carbocycles. The Labute approximate surface area is 111 Å². The van der Waals surface area contributed by atoms with Crippen LogP contribution in [-0.4, -0.2) is 0 Å². The first-order chi connectivity index (χ1) is 8.29. The van der Waals surface area contributed by atoms with Crippen LogP contribution in [0, 0.1) is 0 Å². The highest BCUT2D eigenvalue weighted by Gasteiger charge is 2.15. The van der Waals surface area contributed by atoms with E-state index in [4.69, 9.17) is 23.2 Å². The fraction of sp³-hybridized carbons (Fsp3) is 0.143. The van der Waals surface area contributed by atoms with Gasteiger partial charge in [-0.25, -0.2) is 0 Å². The Bertz CT molecular complexity index is 427. The molecule has 0 aliphatic carbocycles. The molecule has 0 unspecified atom stereocenters. The number of hydrogen-bond acceptors (Lipinski definition) is 1. The topological polar surface area (TPSA) is 12.0 Å². The maximum atomic E-state index is 5.94. The van der Waals surface area contributed by atoms with Crippen molar-refractivity contribution in [2.75, 3.05) is 0 Å². The smallest absolute Gasteiger partial charge is 0.0455 e. The third-order valence-electron chi connectivity index (χ3n) is 2.59. The number of fused-ring (bicyclic) bond motifs is 1. The quantitative estimate of drug-likeness (QED) is 0.750. The first kappa shape index (κ1) is 12.4. The van der Waals surface area contributed by atoms with Gasteiger partial charge in [-0.05, 0) is 23.3 Å². The lowest BCUT2D eigenvalue weighted by Gasteiger charge is -2.01. The number of halogens is 2. The minimum Gasteiger partial charge on any atom is -0.308 e. The third kappa shape index (κ3) is 3.22. The molecule has 0 bridgehead atoms. The van der Waals surface area contributed by atoms with Crippen LogP contribution in [-0.2, 0) is 13.1 Å². The average Bonchev–Trinajstić information content (AvgIpc) is 2.87. The van der Waals surface area contributed by atoms with Gasteiger partial charge in [-0.1, -0.05) is 59.6 Å². The van der Waals surface area contributed by atoms with Crippen molar-refractivity contribution in [1.82, 2.24) is 5.32 Å². The van der Waals surface area contributed by atoms with Crippen LogP contribution in [0.1, 0.15) is 11.1 Å². The Morgan fingerprint density at radius 3 is 1.41 bits per heavy atom. The zero-order valence-electron chi connectivity index (χ0n) is 9.29. The Morgan fingerprint density at radius 2 is 1.06 bits per heavy atom. The lowest BCUT2D eigenvalue weighted by Crippen LogP contribution is -2.00. The molecule has 2 aromatic rings. The molecule has 1 N–H and O–H groups in total. The number of hydrogen-bond donors (Lipinski definition) is 1. The van der Waals surface area contributed by atoms with Gasteiger partial charge in [-0.15, -0.1) is 0 Å². The van der Waals surface area contributed by atoms with E-state index in [1.165, 1.54) is 0 Å². The standard InChI is InChI=1S/C8H7Cl2N.C6H6/c9-7-1-2-8(10)6-4-11-3-5(6)7;1-2-4-6-5-3-1/h1-2,11H,3-4H2;1-6H. The van der Waals surface area contributed by atoms with Crippen LogP contribution in [0.2, 0.25) is 10.0 Å². The zero-order valence-corrected chi connectivity index (χ0v) is 10.8. The largest absolute Gasteiger partial charge is 0.308 e. The highest BCUT2D eigenvalue weighted by atomic mass is 35.5. The summed E-state index contributed by atoms with van der Waals surface area (Å²) in [4.78, 5) is 0. The number of benzene rings is 2. The minimum absolute atomic E-state index is 0.814. The lowest BCUT2D eigenvalue weighted by atomic mass is 10.1. The highest BCUT2D eigenvalue weighted by Crippen LogP contribution is 2.29. The van der Waals surface area contributed by atoms with Crippen molar-refractivity contribution in [1.29, 1.82) is 0 Å². The molecule has 0 saturated carbocycles. The Kier molecular flexibility index (Phi) is 4.43. The van der Waals surface area contributed by atoms with Crippen LogP contribution in [0.4, 0.5) is 0 Å². The van der Waals surface area contributed by atoms with Gasteiger partial charge in [0.25, 0.3) is 0 Å². The van der Waals surface area contributed by atoms with Gasteiger partial charge >= 0.3 is 0 Å². The van der Waals surface area contributed by atoms with Gasteiger partial charge in [0.1, 0.15) is 0 Å². The maximum absolute atomic E-state index is 5.94. The van der Waals surface area contributed by atoms with Gasteiger partial charge < -0.3 is 5.32 Å². The molecular formula is C14H13Cl2N. The fourth-order valence-corrected chi connectivity index (χ4v) is 2.20. The van der Waals surface area contributed by atoms with E-state index in [2.05, 4.69) is 5.32 Å². The van der Waals surface area contributed by atoms with E-state index in [1.807, 2.05) is 48.5 Å². The van der Waals surface area contributed by atoms with E-state index >= 15 is 0 Å². The van der Waals surface area contributed by atoms with E-state index in [0.717, 1.165) is 34.3 Å². The van der Waals surface area contributed by atoms with Gasteiger partial charge in [0, 0.05) is 23.1 Å². The van der Waals surface area contributed by atoms with Crippen LogP contribution < -0.4 is 5.32 Å². The summed E-state index contributed by atoms with van der Waals surface area (Å²) in [7, 11) is 0. The molecule has 1 aliphatic rings. The van der Waals surface area contributed by atoms with Crippen molar-refractivity contribution in [3.8, 4) is 0 Å². The van der Waals surface area contributed by atoms with E-state index in [-0.39, 0.29) is 0 Å². The van der Waals surface area contributed by atoms with Crippen LogP contribution in [0.15, 0.2) is 48.5 Å². The van der Waals surface area contributed by atoms with Gasteiger partial charge in [0.15, 0.2) is 0 Å². The molecule has 0 spiro atoms. The summed E-state index contributed by atoms with van der Waals surface area (Å²) < 4.78 is 0. The molecule has 1 nitrogen and oxygen atoms in total. The predicted octanol–water partition coefficient (Wildman–Crippen LogP) is 4.28. The summed E-state index contributed by atoms with van der Waals surface area (Å²) in [6.45, 7) is 1.68. The van der Waals surface area contributed by atoms with Crippen molar-refractivity contribution in [3.63, 3.8) is 0 Å². The summed E-state index contributed by atoms with van der Waals surface area (Å²) in [5, 5.41) is 4.83. The predicted molar refractivity (Wildman–Crippen MR) is 73.4 cm³/mol. The molecule has 0 fully saturated rings. The first-order valence-electron chi connectivity index (χ1n) is 5.45. The van der Waals surface area contributed by atoms with Crippen LogP contribution >= 0.6 is 23.2 Å². The maximum Gasteiger partial charge on any atom is 0.0455 e. The Hall–Kier alpha value is -1.02. The molecule has 88 valence electrons. The van der Waals surface area contributed by atoms with E-state index in [1.54, 1.807) is 0 Å².